The standard InChI is InChI=1S/C23H24N4O6S2/c1-3-12-26-20-9-4-17(27(29)30)15-21(20)34-23(26)24-22(28)16-10-13-25(14-11-16)35(31,32)19-7-5-18(33-2)6-8-19/h3-9,15-16H,1,10-14H2,2H3. The van der Waals surface area contributed by atoms with Gasteiger partial charge in [0, 0.05) is 37.7 Å². The fraction of sp³-hybridized carbons (Fsp3) is 0.304. The van der Waals surface area contributed by atoms with Crippen LogP contribution >= 0.6 is 11.3 Å². The zero-order chi connectivity index (χ0) is 25.2. The van der Waals surface area contributed by atoms with Crippen LogP contribution < -0.4 is 9.54 Å². The highest BCUT2D eigenvalue weighted by atomic mass is 32.2. The molecule has 0 saturated carbocycles. The quantitative estimate of drug-likeness (QED) is 0.270. The molecule has 0 radical (unpaired) electrons. The predicted molar refractivity (Wildman–Crippen MR) is 132 cm³/mol. The first kappa shape index (κ1) is 24.8. The van der Waals surface area contributed by atoms with E-state index in [1.54, 1.807) is 28.8 Å². The van der Waals surface area contributed by atoms with Gasteiger partial charge in [0.1, 0.15) is 5.75 Å². The molecule has 0 spiro atoms. The Kier molecular flexibility index (Phi) is 7.15. The van der Waals surface area contributed by atoms with Gasteiger partial charge in [-0.05, 0) is 43.2 Å². The third-order valence-corrected chi connectivity index (χ3v) is 8.85. The van der Waals surface area contributed by atoms with Gasteiger partial charge in [-0.1, -0.05) is 17.4 Å². The molecule has 1 fully saturated rings. The summed E-state index contributed by atoms with van der Waals surface area (Å²) in [5.41, 5.74) is 0.695. The molecular formula is C23H24N4O6S2. The molecule has 1 aliphatic rings. The predicted octanol–water partition coefficient (Wildman–Crippen LogP) is 3.33. The van der Waals surface area contributed by atoms with Crippen LogP contribution in [-0.2, 0) is 21.4 Å². The maximum Gasteiger partial charge on any atom is 0.270 e. The minimum Gasteiger partial charge on any atom is -0.497 e. The van der Waals surface area contributed by atoms with E-state index in [1.165, 1.54) is 47.0 Å². The van der Waals surface area contributed by atoms with E-state index in [-0.39, 0.29) is 29.6 Å². The maximum absolute atomic E-state index is 13.0. The largest absolute Gasteiger partial charge is 0.497 e. The van der Waals surface area contributed by atoms with Crippen molar-refractivity contribution in [3.63, 3.8) is 0 Å². The molecule has 2 aromatic carbocycles. The number of methoxy groups -OCH3 is 1. The molecule has 0 atom stereocenters. The number of sulfonamides is 1. The van der Waals surface area contributed by atoms with Crippen molar-refractivity contribution >= 4 is 43.2 Å². The number of benzene rings is 2. The Bertz CT molecular complexity index is 1450. The average molecular weight is 517 g/mol. The minimum absolute atomic E-state index is 0.0344. The monoisotopic (exact) mass is 516 g/mol. The third kappa shape index (κ3) is 5.04. The number of thiazole rings is 1. The number of carbonyl (C=O) groups is 1. The number of nitro groups is 1. The van der Waals surface area contributed by atoms with Crippen LogP contribution in [-0.4, -0.2) is 48.3 Å². The van der Waals surface area contributed by atoms with E-state index >= 15 is 0 Å². The van der Waals surface area contributed by atoms with Crippen LogP contribution in [0.15, 0.2) is 65.0 Å². The van der Waals surface area contributed by atoms with Crippen molar-refractivity contribution in [2.24, 2.45) is 10.9 Å². The normalized spacial score (nSPS) is 15.9. The summed E-state index contributed by atoms with van der Waals surface area (Å²) in [6, 6.07) is 10.7. The van der Waals surface area contributed by atoms with E-state index in [0.717, 1.165) is 5.52 Å². The molecule has 35 heavy (non-hydrogen) atoms. The van der Waals surface area contributed by atoms with Crippen LogP contribution in [0, 0.1) is 16.0 Å². The van der Waals surface area contributed by atoms with Gasteiger partial charge < -0.3 is 9.30 Å². The van der Waals surface area contributed by atoms with Crippen molar-refractivity contribution in [2.45, 2.75) is 24.3 Å². The van der Waals surface area contributed by atoms with Gasteiger partial charge in [-0.3, -0.25) is 14.9 Å². The van der Waals surface area contributed by atoms with E-state index < -0.39 is 20.9 Å². The Morgan fingerprint density at radius 3 is 2.54 bits per heavy atom. The summed E-state index contributed by atoms with van der Waals surface area (Å²) in [7, 11) is -2.16. The lowest BCUT2D eigenvalue weighted by Gasteiger charge is -2.29. The molecule has 1 aliphatic heterocycles. The van der Waals surface area contributed by atoms with Gasteiger partial charge in [-0.25, -0.2) is 8.42 Å². The number of non-ortho nitro benzene ring substituents is 1. The Morgan fingerprint density at radius 1 is 1.26 bits per heavy atom. The molecule has 1 amide bonds. The van der Waals surface area contributed by atoms with Crippen molar-refractivity contribution in [1.82, 2.24) is 8.87 Å². The molecule has 1 aromatic heterocycles. The van der Waals surface area contributed by atoms with Crippen molar-refractivity contribution in [2.75, 3.05) is 20.2 Å². The number of amides is 1. The summed E-state index contributed by atoms with van der Waals surface area (Å²) in [6.07, 6.45) is 2.38. The molecule has 0 bridgehead atoms. The summed E-state index contributed by atoms with van der Waals surface area (Å²) in [5.74, 6) is -0.168. The third-order valence-electron chi connectivity index (χ3n) is 5.90. The number of hydrogen-bond donors (Lipinski definition) is 0. The van der Waals surface area contributed by atoms with E-state index in [2.05, 4.69) is 11.6 Å². The second-order valence-electron chi connectivity index (χ2n) is 8.00. The molecule has 1 saturated heterocycles. The van der Waals surface area contributed by atoms with Crippen LogP contribution in [0.1, 0.15) is 12.8 Å². The lowest BCUT2D eigenvalue weighted by atomic mass is 9.98. The fourth-order valence-corrected chi connectivity index (χ4v) is 6.54. The number of carbonyl (C=O) groups excluding carboxylic acids is 1. The first-order valence-corrected chi connectivity index (χ1v) is 13.1. The van der Waals surface area contributed by atoms with Crippen molar-refractivity contribution in [3.05, 3.63) is 70.0 Å². The topological polar surface area (TPSA) is 124 Å². The number of ether oxygens (including phenoxy) is 1. The number of allylic oxidation sites excluding steroid dienone is 1. The zero-order valence-corrected chi connectivity index (χ0v) is 20.6. The van der Waals surface area contributed by atoms with Gasteiger partial charge in [0.05, 0.1) is 27.1 Å². The summed E-state index contributed by atoms with van der Waals surface area (Å²) in [5, 5.41) is 11.1. The molecule has 10 nitrogen and oxygen atoms in total. The van der Waals surface area contributed by atoms with Gasteiger partial charge in [-0.2, -0.15) is 9.30 Å². The fourth-order valence-electron chi connectivity index (χ4n) is 3.99. The SMILES string of the molecule is C=CCn1c(=NC(=O)C2CCN(S(=O)(=O)c3ccc(OC)cc3)CC2)sc2cc([N+](=O)[O-])ccc21. The second-order valence-corrected chi connectivity index (χ2v) is 10.9. The molecule has 0 N–H and O–H groups in total. The summed E-state index contributed by atoms with van der Waals surface area (Å²) in [4.78, 5) is 28.6. The second kappa shape index (κ2) is 10.1. The Balaban J connectivity index is 1.53. The number of fused-ring (bicyclic) bond motifs is 1. The van der Waals surface area contributed by atoms with Gasteiger partial charge in [0.15, 0.2) is 4.80 Å². The van der Waals surface area contributed by atoms with E-state index in [4.69, 9.17) is 4.74 Å². The molecule has 12 heteroatoms. The van der Waals surface area contributed by atoms with Gasteiger partial charge >= 0.3 is 0 Å². The number of nitrogens with zero attached hydrogens (tertiary/aromatic N) is 4. The van der Waals surface area contributed by atoms with Crippen molar-refractivity contribution in [1.29, 1.82) is 0 Å². The van der Waals surface area contributed by atoms with E-state index in [0.29, 0.717) is 34.6 Å². The number of rotatable bonds is 7. The highest BCUT2D eigenvalue weighted by molar-refractivity contribution is 7.89. The zero-order valence-electron chi connectivity index (χ0n) is 19.0. The average Bonchev–Trinajstić information content (AvgIpc) is 3.20. The molecule has 4 rings (SSSR count). The van der Waals surface area contributed by atoms with Gasteiger partial charge in [0.25, 0.3) is 11.6 Å². The Labute approximate surface area is 206 Å². The van der Waals surface area contributed by atoms with E-state index in [1.807, 2.05) is 0 Å². The Hall–Kier alpha value is -3.35. The van der Waals surface area contributed by atoms with Crippen molar-refractivity contribution in [3.8, 4) is 5.75 Å². The van der Waals surface area contributed by atoms with Crippen LogP contribution in [0.25, 0.3) is 10.2 Å². The maximum atomic E-state index is 13.0. The van der Waals surface area contributed by atoms with Crippen LogP contribution in [0.3, 0.4) is 0 Å². The Morgan fingerprint density at radius 2 is 1.94 bits per heavy atom. The lowest BCUT2D eigenvalue weighted by Crippen LogP contribution is -2.40. The first-order chi connectivity index (χ1) is 16.7. The van der Waals surface area contributed by atoms with Gasteiger partial charge in [0.2, 0.25) is 10.0 Å². The van der Waals surface area contributed by atoms with Gasteiger partial charge in [-0.15, -0.1) is 6.58 Å². The number of aromatic nitrogens is 1. The summed E-state index contributed by atoms with van der Waals surface area (Å²) < 4.78 is 34.8. The molecular weight excluding hydrogens is 492 g/mol. The molecule has 3 aromatic rings. The first-order valence-electron chi connectivity index (χ1n) is 10.9. The summed E-state index contributed by atoms with van der Waals surface area (Å²) >= 11 is 1.20. The molecule has 2 heterocycles. The minimum atomic E-state index is -3.67. The number of hydrogen-bond acceptors (Lipinski definition) is 7. The molecule has 0 aliphatic carbocycles. The van der Waals surface area contributed by atoms with Crippen LogP contribution in [0.5, 0.6) is 5.75 Å². The highest BCUT2D eigenvalue weighted by Crippen LogP contribution is 2.27. The highest BCUT2D eigenvalue weighted by Gasteiger charge is 2.32. The summed E-state index contributed by atoms with van der Waals surface area (Å²) in [6.45, 7) is 4.56. The van der Waals surface area contributed by atoms with Crippen molar-refractivity contribution < 1.29 is 22.9 Å². The van der Waals surface area contributed by atoms with Crippen LogP contribution in [0.4, 0.5) is 5.69 Å². The molecule has 0 unspecified atom stereocenters. The number of nitro benzene ring substituents is 1. The molecule has 184 valence electrons. The van der Waals surface area contributed by atoms with Crippen LogP contribution in [0.2, 0.25) is 0 Å². The smallest absolute Gasteiger partial charge is 0.270 e. The van der Waals surface area contributed by atoms with E-state index in [9.17, 15) is 23.3 Å². The lowest BCUT2D eigenvalue weighted by molar-refractivity contribution is -0.384. The number of piperidine rings is 1.